The highest BCUT2D eigenvalue weighted by atomic mass is 32.1. The standard InChI is InChI=1S/C16H28N2OS/c1-3-7-18-8-4-5-14(11-18)13(2)17-10-16(19)15-6-9-20-12-15/h6,9,12-14,16-17,19H,3-5,7-8,10-11H2,1-2H3. The molecule has 114 valence electrons. The minimum absolute atomic E-state index is 0.376. The van der Waals surface area contributed by atoms with Crippen molar-refractivity contribution in [1.82, 2.24) is 10.2 Å². The van der Waals surface area contributed by atoms with Gasteiger partial charge in [0.15, 0.2) is 0 Å². The Morgan fingerprint density at radius 2 is 2.40 bits per heavy atom. The molecular formula is C16H28N2OS. The highest BCUT2D eigenvalue weighted by Crippen LogP contribution is 2.21. The molecule has 1 saturated heterocycles. The Balaban J connectivity index is 1.75. The van der Waals surface area contributed by atoms with E-state index in [4.69, 9.17) is 0 Å². The molecule has 2 rings (SSSR count). The molecule has 2 heterocycles. The van der Waals surface area contributed by atoms with Gasteiger partial charge in [-0.1, -0.05) is 6.92 Å². The lowest BCUT2D eigenvalue weighted by Crippen LogP contribution is -2.45. The zero-order chi connectivity index (χ0) is 14.4. The minimum Gasteiger partial charge on any atom is -0.387 e. The smallest absolute Gasteiger partial charge is 0.0922 e. The second-order valence-corrected chi connectivity index (χ2v) is 6.75. The second-order valence-electron chi connectivity index (χ2n) is 5.97. The third-order valence-corrected chi connectivity index (χ3v) is 5.05. The molecular weight excluding hydrogens is 268 g/mol. The molecule has 0 saturated carbocycles. The van der Waals surface area contributed by atoms with Crippen LogP contribution in [0.1, 0.15) is 44.8 Å². The predicted molar refractivity (Wildman–Crippen MR) is 86.2 cm³/mol. The lowest BCUT2D eigenvalue weighted by molar-refractivity contribution is 0.133. The van der Waals surface area contributed by atoms with Crippen molar-refractivity contribution in [2.75, 3.05) is 26.2 Å². The number of aliphatic hydroxyl groups excluding tert-OH is 1. The van der Waals surface area contributed by atoms with E-state index in [2.05, 4.69) is 24.1 Å². The van der Waals surface area contributed by atoms with Gasteiger partial charge in [0, 0.05) is 19.1 Å². The van der Waals surface area contributed by atoms with Crippen LogP contribution in [-0.2, 0) is 0 Å². The first-order valence-corrected chi connectivity index (χ1v) is 8.81. The molecule has 1 aromatic heterocycles. The number of piperidine rings is 1. The van der Waals surface area contributed by atoms with Crippen LogP contribution in [0.3, 0.4) is 0 Å². The maximum atomic E-state index is 10.1. The van der Waals surface area contributed by atoms with Crippen LogP contribution in [0.25, 0.3) is 0 Å². The zero-order valence-corrected chi connectivity index (χ0v) is 13.5. The van der Waals surface area contributed by atoms with E-state index in [0.717, 1.165) is 5.56 Å². The Kier molecular flexibility index (Phi) is 6.49. The number of rotatable bonds is 7. The fourth-order valence-electron chi connectivity index (χ4n) is 3.07. The van der Waals surface area contributed by atoms with Gasteiger partial charge < -0.3 is 15.3 Å². The van der Waals surface area contributed by atoms with Crippen LogP contribution in [0.4, 0.5) is 0 Å². The van der Waals surface area contributed by atoms with Gasteiger partial charge in [-0.25, -0.2) is 0 Å². The van der Waals surface area contributed by atoms with Gasteiger partial charge in [0.05, 0.1) is 6.10 Å². The highest BCUT2D eigenvalue weighted by molar-refractivity contribution is 7.07. The van der Waals surface area contributed by atoms with E-state index in [1.54, 1.807) is 11.3 Å². The summed E-state index contributed by atoms with van der Waals surface area (Å²) in [5.41, 5.74) is 1.03. The van der Waals surface area contributed by atoms with Crippen molar-refractivity contribution < 1.29 is 5.11 Å². The molecule has 0 aromatic carbocycles. The van der Waals surface area contributed by atoms with Gasteiger partial charge >= 0.3 is 0 Å². The van der Waals surface area contributed by atoms with E-state index in [9.17, 15) is 5.11 Å². The molecule has 1 aliphatic heterocycles. The normalized spacial score (nSPS) is 23.6. The number of likely N-dealkylation sites (tertiary alicyclic amines) is 1. The monoisotopic (exact) mass is 296 g/mol. The van der Waals surface area contributed by atoms with Gasteiger partial charge in [0.25, 0.3) is 0 Å². The molecule has 3 atom stereocenters. The summed E-state index contributed by atoms with van der Waals surface area (Å²) in [5, 5.41) is 17.7. The number of thiophene rings is 1. The fourth-order valence-corrected chi connectivity index (χ4v) is 3.77. The minimum atomic E-state index is -0.376. The van der Waals surface area contributed by atoms with Crippen LogP contribution in [0.15, 0.2) is 16.8 Å². The summed E-state index contributed by atoms with van der Waals surface area (Å²) in [6, 6.07) is 2.48. The summed E-state index contributed by atoms with van der Waals surface area (Å²) in [6.07, 6.45) is 3.48. The summed E-state index contributed by atoms with van der Waals surface area (Å²) in [6.45, 7) is 8.86. The predicted octanol–water partition coefficient (Wildman–Crippen LogP) is 2.88. The first-order valence-electron chi connectivity index (χ1n) is 7.86. The highest BCUT2D eigenvalue weighted by Gasteiger charge is 2.24. The summed E-state index contributed by atoms with van der Waals surface area (Å²) in [7, 11) is 0. The van der Waals surface area contributed by atoms with E-state index < -0.39 is 0 Å². The molecule has 1 aromatic rings. The van der Waals surface area contributed by atoms with Crippen LogP contribution in [-0.4, -0.2) is 42.2 Å². The maximum absolute atomic E-state index is 10.1. The number of hydrogen-bond donors (Lipinski definition) is 2. The average Bonchev–Trinajstić information content (AvgIpc) is 2.99. The molecule has 1 fully saturated rings. The van der Waals surface area contributed by atoms with Gasteiger partial charge in [0.2, 0.25) is 0 Å². The van der Waals surface area contributed by atoms with Crippen molar-refractivity contribution in [1.29, 1.82) is 0 Å². The summed E-state index contributed by atoms with van der Waals surface area (Å²) in [4.78, 5) is 2.58. The van der Waals surface area contributed by atoms with Gasteiger partial charge in [0.1, 0.15) is 0 Å². The Hall–Kier alpha value is -0.420. The lowest BCUT2D eigenvalue weighted by atomic mass is 9.91. The summed E-state index contributed by atoms with van der Waals surface area (Å²) >= 11 is 1.64. The molecule has 2 N–H and O–H groups in total. The fraction of sp³-hybridized carbons (Fsp3) is 0.750. The van der Waals surface area contributed by atoms with Crippen molar-refractivity contribution in [2.45, 2.75) is 45.3 Å². The SMILES string of the molecule is CCCN1CCCC(C(C)NCC(O)c2ccsc2)C1. The zero-order valence-electron chi connectivity index (χ0n) is 12.7. The molecule has 0 bridgehead atoms. The van der Waals surface area contributed by atoms with Gasteiger partial charge in [-0.2, -0.15) is 11.3 Å². The van der Waals surface area contributed by atoms with E-state index in [1.165, 1.54) is 38.9 Å². The Labute approximate surface area is 127 Å². The van der Waals surface area contributed by atoms with Gasteiger partial charge in [-0.05, 0) is 67.6 Å². The molecule has 0 amide bonds. The third-order valence-electron chi connectivity index (χ3n) is 4.35. The van der Waals surface area contributed by atoms with Crippen molar-refractivity contribution >= 4 is 11.3 Å². The quantitative estimate of drug-likeness (QED) is 0.812. The first-order chi connectivity index (χ1) is 9.70. The Morgan fingerprint density at radius 3 is 3.10 bits per heavy atom. The van der Waals surface area contributed by atoms with E-state index in [0.29, 0.717) is 18.5 Å². The Morgan fingerprint density at radius 1 is 1.55 bits per heavy atom. The third kappa shape index (κ3) is 4.55. The van der Waals surface area contributed by atoms with Crippen molar-refractivity contribution in [3.05, 3.63) is 22.4 Å². The topological polar surface area (TPSA) is 35.5 Å². The summed E-state index contributed by atoms with van der Waals surface area (Å²) < 4.78 is 0. The molecule has 3 nitrogen and oxygen atoms in total. The van der Waals surface area contributed by atoms with Crippen LogP contribution >= 0.6 is 11.3 Å². The van der Waals surface area contributed by atoms with Crippen LogP contribution in [0.5, 0.6) is 0 Å². The summed E-state index contributed by atoms with van der Waals surface area (Å²) in [5.74, 6) is 0.713. The molecule has 0 aliphatic carbocycles. The molecule has 1 aliphatic rings. The molecule has 20 heavy (non-hydrogen) atoms. The number of hydrogen-bond acceptors (Lipinski definition) is 4. The van der Waals surface area contributed by atoms with E-state index >= 15 is 0 Å². The van der Waals surface area contributed by atoms with Crippen LogP contribution in [0.2, 0.25) is 0 Å². The lowest BCUT2D eigenvalue weighted by Gasteiger charge is -2.36. The van der Waals surface area contributed by atoms with Gasteiger partial charge in [-0.15, -0.1) is 0 Å². The molecule has 3 unspecified atom stereocenters. The molecule has 0 radical (unpaired) electrons. The maximum Gasteiger partial charge on any atom is 0.0922 e. The van der Waals surface area contributed by atoms with Crippen LogP contribution in [0, 0.1) is 5.92 Å². The van der Waals surface area contributed by atoms with Gasteiger partial charge in [-0.3, -0.25) is 0 Å². The van der Waals surface area contributed by atoms with E-state index in [-0.39, 0.29) is 6.10 Å². The molecule has 4 heteroatoms. The molecule has 0 spiro atoms. The number of aliphatic hydroxyl groups is 1. The number of nitrogens with zero attached hydrogens (tertiary/aromatic N) is 1. The van der Waals surface area contributed by atoms with Crippen LogP contribution < -0.4 is 5.32 Å². The second kappa shape index (κ2) is 8.13. The van der Waals surface area contributed by atoms with E-state index in [1.807, 2.05) is 16.8 Å². The van der Waals surface area contributed by atoms with Crippen molar-refractivity contribution in [2.24, 2.45) is 5.92 Å². The van der Waals surface area contributed by atoms with Crippen molar-refractivity contribution in [3.8, 4) is 0 Å². The number of nitrogens with one attached hydrogen (secondary N) is 1. The first kappa shape index (κ1) is 16.0. The van der Waals surface area contributed by atoms with Crippen molar-refractivity contribution in [3.63, 3.8) is 0 Å². The average molecular weight is 296 g/mol. The Bertz CT molecular complexity index is 367. The largest absolute Gasteiger partial charge is 0.387 e.